The molecule has 1 aromatic heterocycles. The van der Waals surface area contributed by atoms with Gasteiger partial charge in [-0.2, -0.15) is 0 Å². The number of likely N-dealkylation sites (tertiary alicyclic amines) is 2. The zero-order valence-corrected chi connectivity index (χ0v) is 16.5. The maximum atomic E-state index is 12.8. The summed E-state index contributed by atoms with van der Waals surface area (Å²) in [5.41, 5.74) is 0.840. The summed E-state index contributed by atoms with van der Waals surface area (Å²) in [7, 11) is 0. The highest BCUT2D eigenvalue weighted by molar-refractivity contribution is 5.95. The van der Waals surface area contributed by atoms with Crippen LogP contribution in [0.15, 0.2) is 10.5 Å². The van der Waals surface area contributed by atoms with E-state index in [0.717, 1.165) is 70.7 Å². The minimum absolute atomic E-state index is 0.0716. The van der Waals surface area contributed by atoms with Gasteiger partial charge in [0.1, 0.15) is 11.5 Å². The fourth-order valence-corrected chi connectivity index (χ4v) is 4.91. The van der Waals surface area contributed by atoms with Gasteiger partial charge in [-0.1, -0.05) is 0 Å². The van der Waals surface area contributed by atoms with Crippen molar-refractivity contribution in [3.05, 3.63) is 23.2 Å². The fraction of sp³-hybridized carbons (Fsp3) is 0.714. The monoisotopic (exact) mass is 374 g/mol. The quantitative estimate of drug-likeness (QED) is 0.816. The molecule has 4 heterocycles. The zero-order valence-electron chi connectivity index (χ0n) is 16.5. The fourth-order valence-electron chi connectivity index (χ4n) is 4.91. The van der Waals surface area contributed by atoms with Crippen molar-refractivity contribution in [1.82, 2.24) is 9.80 Å². The molecule has 0 aliphatic carbocycles. The second kappa shape index (κ2) is 7.30. The maximum Gasteiger partial charge on any atom is 0.257 e. The van der Waals surface area contributed by atoms with Crippen molar-refractivity contribution in [2.75, 3.05) is 32.8 Å². The molecule has 3 fully saturated rings. The first-order chi connectivity index (χ1) is 13.0. The van der Waals surface area contributed by atoms with Gasteiger partial charge in [0.15, 0.2) is 0 Å². The molecule has 2 amide bonds. The van der Waals surface area contributed by atoms with Crippen LogP contribution in [-0.4, -0.2) is 60.5 Å². The van der Waals surface area contributed by atoms with Gasteiger partial charge >= 0.3 is 0 Å². The number of furan rings is 1. The second-order valence-corrected chi connectivity index (χ2v) is 8.53. The van der Waals surface area contributed by atoms with Crippen molar-refractivity contribution in [3.63, 3.8) is 0 Å². The van der Waals surface area contributed by atoms with E-state index in [1.54, 1.807) is 0 Å². The number of ether oxygens (including phenoxy) is 1. The van der Waals surface area contributed by atoms with Crippen LogP contribution in [0, 0.1) is 19.3 Å². The molecule has 6 nitrogen and oxygen atoms in total. The molecule has 0 bridgehead atoms. The molecular formula is C21H30N2O4. The van der Waals surface area contributed by atoms with E-state index < -0.39 is 0 Å². The molecule has 6 heteroatoms. The molecule has 1 atom stereocenters. The molecule has 0 radical (unpaired) electrons. The van der Waals surface area contributed by atoms with Crippen molar-refractivity contribution in [1.29, 1.82) is 0 Å². The van der Waals surface area contributed by atoms with E-state index in [4.69, 9.17) is 9.15 Å². The average Bonchev–Trinajstić information content (AvgIpc) is 3.28. The first-order valence-electron chi connectivity index (χ1n) is 10.2. The lowest BCUT2D eigenvalue weighted by Crippen LogP contribution is -2.53. The summed E-state index contributed by atoms with van der Waals surface area (Å²) < 4.78 is 11.3. The van der Waals surface area contributed by atoms with Crippen LogP contribution < -0.4 is 0 Å². The van der Waals surface area contributed by atoms with Gasteiger partial charge in [-0.15, -0.1) is 0 Å². The Bertz CT molecular complexity index is 712. The van der Waals surface area contributed by atoms with Crippen molar-refractivity contribution in [3.8, 4) is 0 Å². The number of nitrogens with zero attached hydrogens (tertiary/aromatic N) is 2. The minimum Gasteiger partial charge on any atom is -0.466 e. The number of piperidine rings is 2. The lowest BCUT2D eigenvalue weighted by molar-refractivity contribution is -0.141. The van der Waals surface area contributed by atoms with E-state index in [0.29, 0.717) is 17.7 Å². The molecule has 3 aliphatic heterocycles. The van der Waals surface area contributed by atoms with Crippen LogP contribution in [0.5, 0.6) is 0 Å². The number of carbonyl (C=O) groups is 2. The van der Waals surface area contributed by atoms with Crippen molar-refractivity contribution in [2.24, 2.45) is 5.41 Å². The van der Waals surface area contributed by atoms with E-state index in [9.17, 15) is 9.59 Å². The van der Waals surface area contributed by atoms with E-state index >= 15 is 0 Å². The Morgan fingerprint density at radius 2 is 2.04 bits per heavy atom. The van der Waals surface area contributed by atoms with Crippen molar-refractivity contribution >= 4 is 11.8 Å². The highest BCUT2D eigenvalue weighted by atomic mass is 16.5. The highest BCUT2D eigenvalue weighted by Crippen LogP contribution is 2.41. The predicted molar refractivity (Wildman–Crippen MR) is 101 cm³/mol. The van der Waals surface area contributed by atoms with Gasteiger partial charge in [0, 0.05) is 39.2 Å². The van der Waals surface area contributed by atoms with Crippen LogP contribution in [0.4, 0.5) is 0 Å². The Kier molecular flexibility index (Phi) is 5.01. The Balaban J connectivity index is 1.37. The van der Waals surface area contributed by atoms with Crippen LogP contribution in [0.1, 0.15) is 60.4 Å². The SMILES string of the molecule is Cc1cc(C(=O)N2CCC3(CCC(=O)N(C[C@H]4CCCO4)C3)CC2)c(C)o1. The molecule has 0 unspecified atom stereocenters. The minimum atomic E-state index is 0.0716. The highest BCUT2D eigenvalue weighted by Gasteiger charge is 2.42. The lowest BCUT2D eigenvalue weighted by Gasteiger charge is -2.47. The van der Waals surface area contributed by atoms with Gasteiger partial charge in [-0.25, -0.2) is 0 Å². The van der Waals surface area contributed by atoms with Gasteiger partial charge in [0.05, 0.1) is 11.7 Å². The van der Waals surface area contributed by atoms with Crippen LogP contribution in [-0.2, 0) is 9.53 Å². The summed E-state index contributed by atoms with van der Waals surface area (Å²) in [6.45, 7) is 7.60. The van der Waals surface area contributed by atoms with E-state index in [2.05, 4.69) is 0 Å². The van der Waals surface area contributed by atoms with Gasteiger partial charge in [-0.05, 0) is 57.4 Å². The number of rotatable bonds is 3. The van der Waals surface area contributed by atoms with Gasteiger partial charge in [0.2, 0.25) is 5.91 Å². The van der Waals surface area contributed by atoms with Gasteiger partial charge in [0.25, 0.3) is 5.91 Å². The van der Waals surface area contributed by atoms with Gasteiger partial charge in [-0.3, -0.25) is 9.59 Å². The number of hydrogen-bond donors (Lipinski definition) is 0. The molecule has 27 heavy (non-hydrogen) atoms. The van der Waals surface area contributed by atoms with Crippen molar-refractivity contribution < 1.29 is 18.7 Å². The van der Waals surface area contributed by atoms with Crippen LogP contribution >= 0.6 is 0 Å². The third-order valence-corrected chi connectivity index (χ3v) is 6.58. The number of aryl methyl sites for hydroxylation is 2. The number of carbonyl (C=O) groups excluding carboxylic acids is 2. The molecule has 3 aliphatic rings. The van der Waals surface area contributed by atoms with Crippen LogP contribution in [0.3, 0.4) is 0 Å². The lowest BCUT2D eigenvalue weighted by atomic mass is 9.72. The molecule has 4 rings (SSSR count). The molecule has 1 aromatic rings. The van der Waals surface area contributed by atoms with Crippen LogP contribution in [0.2, 0.25) is 0 Å². The summed E-state index contributed by atoms with van der Waals surface area (Å²) in [6, 6.07) is 1.84. The summed E-state index contributed by atoms with van der Waals surface area (Å²) in [6.07, 6.45) is 5.86. The Hall–Kier alpha value is -1.82. The largest absolute Gasteiger partial charge is 0.466 e. The third kappa shape index (κ3) is 3.77. The smallest absolute Gasteiger partial charge is 0.257 e. The van der Waals surface area contributed by atoms with Gasteiger partial charge < -0.3 is 19.0 Å². The second-order valence-electron chi connectivity index (χ2n) is 8.53. The maximum absolute atomic E-state index is 12.8. The first-order valence-corrected chi connectivity index (χ1v) is 10.2. The number of amides is 2. The van der Waals surface area contributed by atoms with Crippen LogP contribution in [0.25, 0.3) is 0 Å². The van der Waals surface area contributed by atoms with Crippen molar-refractivity contribution in [2.45, 2.75) is 58.5 Å². The summed E-state index contributed by atoms with van der Waals surface area (Å²) in [5, 5.41) is 0. The van der Waals surface area contributed by atoms with E-state index in [1.165, 1.54) is 0 Å². The predicted octanol–water partition coefficient (Wildman–Crippen LogP) is 2.92. The standard InChI is InChI=1S/C21H30N2O4/c1-15-12-18(16(2)27-15)20(25)22-9-7-21(8-10-22)6-5-19(24)23(14-21)13-17-4-3-11-26-17/h12,17H,3-11,13-14H2,1-2H3/t17-/m1/s1. The zero-order chi connectivity index (χ0) is 19.0. The topological polar surface area (TPSA) is 63.0 Å². The Morgan fingerprint density at radius 3 is 2.67 bits per heavy atom. The molecule has 3 saturated heterocycles. The normalized spacial score (nSPS) is 25.4. The summed E-state index contributed by atoms with van der Waals surface area (Å²) in [5.74, 6) is 1.81. The third-order valence-electron chi connectivity index (χ3n) is 6.58. The Labute approximate surface area is 160 Å². The Morgan fingerprint density at radius 1 is 1.26 bits per heavy atom. The average molecular weight is 374 g/mol. The molecule has 1 spiro atoms. The molecule has 0 aromatic carbocycles. The first kappa shape index (κ1) is 18.5. The molecule has 148 valence electrons. The molecule has 0 N–H and O–H groups in total. The molecule has 0 saturated carbocycles. The summed E-state index contributed by atoms with van der Waals surface area (Å²) >= 11 is 0. The molecular weight excluding hydrogens is 344 g/mol. The van der Waals surface area contributed by atoms with E-state index in [-0.39, 0.29) is 23.3 Å². The summed E-state index contributed by atoms with van der Waals surface area (Å²) in [4.78, 5) is 29.2. The number of hydrogen-bond acceptors (Lipinski definition) is 4. The van der Waals surface area contributed by atoms with E-state index in [1.807, 2.05) is 29.7 Å².